The van der Waals surface area contributed by atoms with Crippen LogP contribution in [0.3, 0.4) is 0 Å². The number of carboxylic acids is 1. The number of carboxylic acid groups (broad SMARTS) is 1. The number of aromatic nitrogens is 2. The van der Waals surface area contributed by atoms with Gasteiger partial charge in [-0.2, -0.15) is 0 Å². The molecule has 2 heterocycles. The first-order valence-corrected chi connectivity index (χ1v) is 11.2. The van der Waals surface area contributed by atoms with Crippen LogP contribution in [0.5, 0.6) is 0 Å². The van der Waals surface area contributed by atoms with E-state index in [-0.39, 0.29) is 31.0 Å². The molecule has 0 atom stereocenters. The van der Waals surface area contributed by atoms with Crippen LogP contribution in [0.1, 0.15) is 16.8 Å². The van der Waals surface area contributed by atoms with Gasteiger partial charge in [-0.25, -0.2) is 14.2 Å². The smallest absolute Gasteiger partial charge is 0.411 e. The van der Waals surface area contributed by atoms with Crippen molar-refractivity contribution in [3.8, 4) is 22.0 Å². The molecule has 1 amide bonds. The van der Waals surface area contributed by atoms with Gasteiger partial charge in [0.2, 0.25) is 5.76 Å². The quantitative estimate of drug-likeness (QED) is 0.349. The minimum Gasteiger partial charge on any atom is -0.481 e. The molecule has 0 spiro atoms. The largest absolute Gasteiger partial charge is 0.481 e. The molecule has 0 aliphatic rings. The van der Waals surface area contributed by atoms with E-state index in [1.807, 2.05) is 6.07 Å². The third-order valence-corrected chi connectivity index (χ3v) is 5.81. The van der Waals surface area contributed by atoms with Crippen LogP contribution in [0.25, 0.3) is 22.0 Å². The molecule has 0 saturated carbocycles. The summed E-state index contributed by atoms with van der Waals surface area (Å²) in [6.45, 7) is 1.67. The Balaban J connectivity index is 1.45. The van der Waals surface area contributed by atoms with Crippen molar-refractivity contribution >= 4 is 29.1 Å². The lowest BCUT2D eigenvalue weighted by molar-refractivity contribution is -0.136. The van der Waals surface area contributed by atoms with Crippen LogP contribution in [0.15, 0.2) is 58.4 Å². The molecule has 0 saturated heterocycles. The van der Waals surface area contributed by atoms with Crippen molar-refractivity contribution < 1.29 is 28.3 Å². The number of benzene rings is 2. The number of aryl methyl sites for hydroxylation is 1. The molecular weight excluding hydrogens is 461 g/mol. The van der Waals surface area contributed by atoms with E-state index in [4.69, 9.17) is 14.4 Å². The fraction of sp³-hybridized carbons (Fsp3) is 0.167. The number of carbonyl (C=O) groups is 2. The van der Waals surface area contributed by atoms with Crippen LogP contribution in [0.4, 0.5) is 14.9 Å². The van der Waals surface area contributed by atoms with E-state index in [0.717, 1.165) is 5.56 Å². The Kier molecular flexibility index (Phi) is 6.98. The van der Waals surface area contributed by atoms with Gasteiger partial charge in [0.15, 0.2) is 0 Å². The maximum Gasteiger partial charge on any atom is 0.411 e. The molecule has 0 fully saturated rings. The van der Waals surface area contributed by atoms with E-state index in [1.54, 1.807) is 48.7 Å². The van der Waals surface area contributed by atoms with Gasteiger partial charge in [0, 0.05) is 17.4 Å². The van der Waals surface area contributed by atoms with E-state index in [0.29, 0.717) is 33.2 Å². The molecule has 2 aromatic heterocycles. The number of thiazole rings is 1. The molecular formula is C24H20FN3O5S. The number of nitrogens with one attached hydrogen (secondary N) is 1. The minimum atomic E-state index is -0.911. The van der Waals surface area contributed by atoms with Crippen molar-refractivity contribution in [3.63, 3.8) is 0 Å². The molecule has 0 bridgehead atoms. The molecule has 0 aliphatic heterocycles. The van der Waals surface area contributed by atoms with E-state index < -0.39 is 12.1 Å². The number of ether oxygens (including phenoxy) is 1. The third kappa shape index (κ3) is 5.46. The maximum atomic E-state index is 13.7. The van der Waals surface area contributed by atoms with Crippen LogP contribution in [0.2, 0.25) is 0 Å². The van der Waals surface area contributed by atoms with Gasteiger partial charge in [-0.15, -0.1) is 11.3 Å². The van der Waals surface area contributed by atoms with Gasteiger partial charge in [-0.1, -0.05) is 41.6 Å². The first-order chi connectivity index (χ1) is 16.4. The zero-order valence-electron chi connectivity index (χ0n) is 18.1. The summed E-state index contributed by atoms with van der Waals surface area (Å²) in [4.78, 5) is 27.9. The molecule has 2 N–H and O–H groups in total. The highest BCUT2D eigenvalue weighted by Crippen LogP contribution is 2.34. The van der Waals surface area contributed by atoms with E-state index in [9.17, 15) is 14.0 Å². The van der Waals surface area contributed by atoms with Crippen molar-refractivity contribution in [1.82, 2.24) is 10.1 Å². The van der Waals surface area contributed by atoms with Gasteiger partial charge >= 0.3 is 12.1 Å². The molecule has 4 aromatic rings. The monoisotopic (exact) mass is 481 g/mol. The predicted octanol–water partition coefficient (Wildman–Crippen LogP) is 5.33. The fourth-order valence-corrected chi connectivity index (χ4v) is 4.08. The first kappa shape index (κ1) is 23.1. The maximum absolute atomic E-state index is 13.7. The van der Waals surface area contributed by atoms with Crippen molar-refractivity contribution in [1.29, 1.82) is 0 Å². The van der Waals surface area contributed by atoms with E-state index in [1.165, 1.54) is 17.4 Å². The van der Waals surface area contributed by atoms with Gasteiger partial charge in [-0.05, 0) is 30.2 Å². The van der Waals surface area contributed by atoms with Gasteiger partial charge in [0.05, 0.1) is 13.0 Å². The van der Waals surface area contributed by atoms with Crippen molar-refractivity contribution in [2.45, 2.75) is 19.8 Å². The average Bonchev–Trinajstić information content (AvgIpc) is 3.42. The summed E-state index contributed by atoms with van der Waals surface area (Å²) in [5.41, 5.74) is 3.13. The highest BCUT2D eigenvalue weighted by Gasteiger charge is 2.21. The lowest BCUT2D eigenvalue weighted by Gasteiger charge is -2.07. The van der Waals surface area contributed by atoms with Crippen LogP contribution in [-0.4, -0.2) is 33.9 Å². The Morgan fingerprint density at radius 1 is 1.21 bits per heavy atom. The van der Waals surface area contributed by atoms with Crippen LogP contribution >= 0.6 is 11.3 Å². The SMILES string of the molecule is Cc1noc(-c2csc(-c3cccc(CC(=O)O)c3)n2)c1NC(=O)OCCc1ccccc1F. The predicted molar refractivity (Wildman–Crippen MR) is 124 cm³/mol. The summed E-state index contributed by atoms with van der Waals surface area (Å²) >= 11 is 1.35. The second-order valence-electron chi connectivity index (χ2n) is 7.38. The van der Waals surface area contributed by atoms with Gasteiger partial charge < -0.3 is 14.4 Å². The molecule has 2 aromatic carbocycles. The number of anilines is 1. The first-order valence-electron chi connectivity index (χ1n) is 10.3. The number of halogens is 1. The van der Waals surface area contributed by atoms with Crippen LogP contribution in [0, 0.1) is 12.7 Å². The fourth-order valence-electron chi connectivity index (χ4n) is 3.28. The number of hydrogen-bond acceptors (Lipinski definition) is 7. The van der Waals surface area contributed by atoms with Gasteiger partial charge in [-0.3, -0.25) is 10.1 Å². The average molecular weight is 482 g/mol. The van der Waals surface area contributed by atoms with E-state index >= 15 is 0 Å². The van der Waals surface area contributed by atoms with Gasteiger partial charge in [0.25, 0.3) is 0 Å². The Morgan fingerprint density at radius 2 is 2.03 bits per heavy atom. The number of rotatable bonds is 8. The Morgan fingerprint density at radius 3 is 2.82 bits per heavy atom. The molecule has 10 heteroatoms. The Labute approximate surface area is 198 Å². The second kappa shape index (κ2) is 10.3. The Hall–Kier alpha value is -4.05. The minimum absolute atomic E-state index is 0.0000395. The molecule has 8 nitrogen and oxygen atoms in total. The number of nitrogens with zero attached hydrogens (tertiary/aromatic N) is 2. The van der Waals surface area contributed by atoms with Crippen molar-refractivity contribution in [3.05, 3.63) is 76.5 Å². The summed E-state index contributed by atoms with van der Waals surface area (Å²) in [5.74, 6) is -0.991. The summed E-state index contributed by atoms with van der Waals surface area (Å²) < 4.78 is 24.3. The van der Waals surface area contributed by atoms with Crippen molar-refractivity contribution in [2.24, 2.45) is 0 Å². The summed E-state index contributed by atoms with van der Waals surface area (Å²) in [6, 6.07) is 13.4. The topological polar surface area (TPSA) is 115 Å². The molecule has 4 rings (SSSR count). The molecule has 34 heavy (non-hydrogen) atoms. The summed E-state index contributed by atoms with van der Waals surface area (Å²) in [6.07, 6.45) is -0.562. The van der Waals surface area contributed by atoms with Crippen LogP contribution in [-0.2, 0) is 22.4 Å². The van der Waals surface area contributed by atoms with Gasteiger partial charge in [0.1, 0.15) is 27.9 Å². The summed E-state index contributed by atoms with van der Waals surface area (Å²) in [7, 11) is 0. The third-order valence-electron chi connectivity index (χ3n) is 4.92. The number of aliphatic carboxylic acids is 1. The zero-order chi connectivity index (χ0) is 24.1. The van der Waals surface area contributed by atoms with Crippen LogP contribution < -0.4 is 5.32 Å². The highest BCUT2D eigenvalue weighted by molar-refractivity contribution is 7.13. The standard InChI is InChI=1S/C24H20FN3O5S/c1-14-21(27-24(31)32-10-9-16-6-2-3-8-18(16)25)22(33-28-14)19-13-34-23(26-19)17-7-4-5-15(11-17)12-20(29)30/h2-8,11,13H,9-10,12H2,1H3,(H,27,31)(H,29,30). The molecule has 0 unspecified atom stereocenters. The molecule has 174 valence electrons. The number of carbonyl (C=O) groups excluding carboxylic acids is 1. The number of hydrogen-bond donors (Lipinski definition) is 2. The van der Waals surface area contributed by atoms with Crippen molar-refractivity contribution in [2.75, 3.05) is 11.9 Å². The lowest BCUT2D eigenvalue weighted by atomic mass is 10.1. The number of amides is 1. The second-order valence-corrected chi connectivity index (χ2v) is 8.24. The normalized spacial score (nSPS) is 10.8. The zero-order valence-corrected chi connectivity index (χ0v) is 18.9. The van der Waals surface area contributed by atoms with E-state index in [2.05, 4.69) is 15.5 Å². The molecule has 0 radical (unpaired) electrons. The highest BCUT2D eigenvalue weighted by atomic mass is 32.1. The lowest BCUT2D eigenvalue weighted by Crippen LogP contribution is -2.16. The molecule has 0 aliphatic carbocycles. The Bertz CT molecular complexity index is 1330. The summed E-state index contributed by atoms with van der Waals surface area (Å²) in [5, 5.41) is 18.0.